The predicted octanol–water partition coefficient (Wildman–Crippen LogP) is 2.23. The van der Waals surface area contributed by atoms with Crippen molar-refractivity contribution in [3.8, 4) is 0 Å². The number of nitrogens with zero attached hydrogens (tertiary/aromatic N) is 2. The van der Waals surface area contributed by atoms with Crippen LogP contribution in [0.2, 0.25) is 0 Å². The number of rotatable bonds is 2. The highest BCUT2D eigenvalue weighted by Gasteiger charge is 2.10. The van der Waals surface area contributed by atoms with Gasteiger partial charge >= 0.3 is 0 Å². The van der Waals surface area contributed by atoms with Crippen molar-refractivity contribution >= 4 is 34.3 Å². The number of oxazole rings is 1. The Labute approximate surface area is 105 Å². The van der Waals surface area contributed by atoms with E-state index in [0.29, 0.717) is 5.82 Å². The van der Waals surface area contributed by atoms with Crippen LogP contribution in [0.15, 0.2) is 29.1 Å². The molecule has 0 aliphatic rings. The Morgan fingerprint density at radius 1 is 1.50 bits per heavy atom. The van der Waals surface area contributed by atoms with Crippen LogP contribution in [-0.2, 0) is 0 Å². The van der Waals surface area contributed by atoms with Crippen LogP contribution in [0.5, 0.6) is 0 Å². The number of hydrogen-bond acceptors (Lipinski definition) is 4. The van der Waals surface area contributed by atoms with Crippen molar-refractivity contribution in [3.05, 3.63) is 39.7 Å². The molecule has 0 saturated heterocycles. The summed E-state index contributed by atoms with van der Waals surface area (Å²) in [6, 6.07) is 3.63. The van der Waals surface area contributed by atoms with Crippen molar-refractivity contribution in [2.45, 2.75) is 6.92 Å². The summed E-state index contributed by atoms with van der Waals surface area (Å²) in [5.74, 6) is 0.308. The maximum Gasteiger partial charge on any atom is 0.294 e. The summed E-state index contributed by atoms with van der Waals surface area (Å²) in [5.41, 5.74) is 0.871. The van der Waals surface area contributed by atoms with E-state index in [0.717, 1.165) is 9.26 Å². The molecule has 0 saturated carbocycles. The van der Waals surface area contributed by atoms with E-state index in [1.165, 1.54) is 12.6 Å². The van der Waals surface area contributed by atoms with Gasteiger partial charge in [0.1, 0.15) is 5.82 Å². The molecule has 0 spiro atoms. The molecule has 1 N–H and O–H groups in total. The number of halogens is 1. The quantitative estimate of drug-likeness (QED) is 0.858. The number of aryl methyl sites for hydroxylation is 1. The first-order valence-electron chi connectivity index (χ1n) is 4.50. The Morgan fingerprint density at radius 2 is 2.31 bits per heavy atom. The standard InChI is InChI=1S/C10H8IN3O2/c1-6-7(11)2-3-9(13-6)14-10(15)8-4-12-5-16-8/h2-5H,1H3,(H,13,14,15). The van der Waals surface area contributed by atoms with Crippen LogP contribution in [0.4, 0.5) is 5.82 Å². The summed E-state index contributed by atoms with van der Waals surface area (Å²) in [6.45, 7) is 1.88. The highest BCUT2D eigenvalue weighted by atomic mass is 127. The van der Waals surface area contributed by atoms with Crippen molar-refractivity contribution in [1.29, 1.82) is 0 Å². The summed E-state index contributed by atoms with van der Waals surface area (Å²) in [7, 11) is 0. The zero-order valence-electron chi connectivity index (χ0n) is 8.40. The molecule has 2 aromatic heterocycles. The second-order valence-corrected chi connectivity index (χ2v) is 4.25. The summed E-state index contributed by atoms with van der Waals surface area (Å²) in [5, 5.41) is 2.63. The molecular formula is C10H8IN3O2. The summed E-state index contributed by atoms with van der Waals surface area (Å²) in [4.78, 5) is 19.5. The van der Waals surface area contributed by atoms with Gasteiger partial charge in [0.25, 0.3) is 5.91 Å². The smallest absolute Gasteiger partial charge is 0.294 e. The Hall–Kier alpha value is -1.44. The lowest BCUT2D eigenvalue weighted by Crippen LogP contribution is -2.12. The lowest BCUT2D eigenvalue weighted by molar-refractivity contribution is 0.0996. The molecule has 0 fully saturated rings. The normalized spacial score (nSPS) is 10.1. The molecule has 2 rings (SSSR count). The SMILES string of the molecule is Cc1nc(NC(=O)c2cnco2)ccc1I. The molecule has 2 heterocycles. The maximum absolute atomic E-state index is 11.6. The monoisotopic (exact) mass is 329 g/mol. The predicted molar refractivity (Wildman–Crippen MR) is 66.1 cm³/mol. The van der Waals surface area contributed by atoms with Gasteiger partial charge in [-0.05, 0) is 41.6 Å². The van der Waals surface area contributed by atoms with E-state index in [4.69, 9.17) is 4.42 Å². The van der Waals surface area contributed by atoms with E-state index in [1.54, 1.807) is 6.07 Å². The van der Waals surface area contributed by atoms with Crippen LogP contribution in [0.3, 0.4) is 0 Å². The highest BCUT2D eigenvalue weighted by molar-refractivity contribution is 14.1. The number of amides is 1. The van der Waals surface area contributed by atoms with Crippen molar-refractivity contribution in [3.63, 3.8) is 0 Å². The molecule has 0 radical (unpaired) electrons. The van der Waals surface area contributed by atoms with E-state index >= 15 is 0 Å². The molecule has 82 valence electrons. The van der Waals surface area contributed by atoms with Gasteiger partial charge in [-0.1, -0.05) is 0 Å². The van der Waals surface area contributed by atoms with Gasteiger partial charge < -0.3 is 9.73 Å². The number of anilines is 1. The zero-order chi connectivity index (χ0) is 11.5. The fraction of sp³-hybridized carbons (Fsp3) is 0.100. The largest absolute Gasteiger partial charge is 0.438 e. The first-order valence-corrected chi connectivity index (χ1v) is 5.57. The third kappa shape index (κ3) is 2.38. The topological polar surface area (TPSA) is 68.0 Å². The molecule has 0 bridgehead atoms. The van der Waals surface area contributed by atoms with Gasteiger partial charge in [0.15, 0.2) is 6.39 Å². The molecule has 16 heavy (non-hydrogen) atoms. The Kier molecular flexibility index (Phi) is 3.18. The van der Waals surface area contributed by atoms with Crippen molar-refractivity contribution in [2.75, 3.05) is 5.32 Å². The number of pyridine rings is 1. The molecule has 1 amide bonds. The fourth-order valence-corrected chi connectivity index (χ4v) is 1.42. The molecule has 0 atom stereocenters. The van der Waals surface area contributed by atoms with Crippen LogP contribution in [0, 0.1) is 10.5 Å². The number of hydrogen-bond donors (Lipinski definition) is 1. The number of nitrogens with one attached hydrogen (secondary N) is 1. The molecule has 0 aliphatic carbocycles. The van der Waals surface area contributed by atoms with Crippen molar-refractivity contribution in [2.24, 2.45) is 0 Å². The third-order valence-corrected chi connectivity index (χ3v) is 3.06. The number of carbonyl (C=O) groups excluding carboxylic acids is 1. The van der Waals surface area contributed by atoms with E-state index in [1.807, 2.05) is 13.0 Å². The van der Waals surface area contributed by atoms with Gasteiger partial charge in [0.05, 0.1) is 11.9 Å². The minimum Gasteiger partial charge on any atom is -0.438 e. The van der Waals surface area contributed by atoms with Crippen molar-refractivity contribution in [1.82, 2.24) is 9.97 Å². The highest BCUT2D eigenvalue weighted by Crippen LogP contribution is 2.13. The van der Waals surface area contributed by atoms with Gasteiger partial charge in [0, 0.05) is 3.57 Å². The van der Waals surface area contributed by atoms with Crippen LogP contribution in [-0.4, -0.2) is 15.9 Å². The third-order valence-electron chi connectivity index (χ3n) is 1.92. The van der Waals surface area contributed by atoms with Crippen molar-refractivity contribution < 1.29 is 9.21 Å². The van der Waals surface area contributed by atoms with E-state index < -0.39 is 0 Å². The molecule has 0 unspecified atom stereocenters. The van der Waals surface area contributed by atoms with Gasteiger partial charge in [-0.3, -0.25) is 4.79 Å². The maximum atomic E-state index is 11.6. The fourth-order valence-electron chi connectivity index (χ4n) is 1.12. The Balaban J connectivity index is 2.15. The zero-order valence-corrected chi connectivity index (χ0v) is 10.6. The van der Waals surface area contributed by atoms with Crippen LogP contribution in [0.1, 0.15) is 16.2 Å². The summed E-state index contributed by atoms with van der Waals surface area (Å²) >= 11 is 2.18. The van der Waals surface area contributed by atoms with Crippen LogP contribution >= 0.6 is 22.6 Å². The molecule has 2 aromatic rings. The molecule has 5 nitrogen and oxygen atoms in total. The van der Waals surface area contributed by atoms with Gasteiger partial charge in [0.2, 0.25) is 5.76 Å². The minimum absolute atomic E-state index is 0.165. The first kappa shape index (κ1) is 11.1. The summed E-state index contributed by atoms with van der Waals surface area (Å²) < 4.78 is 5.92. The average Bonchev–Trinajstić information content (AvgIpc) is 2.77. The molecule has 0 aliphatic heterocycles. The van der Waals surface area contributed by atoms with E-state index in [2.05, 4.69) is 37.9 Å². The second-order valence-electron chi connectivity index (χ2n) is 3.08. The van der Waals surface area contributed by atoms with Crippen LogP contribution < -0.4 is 5.32 Å². The summed E-state index contributed by atoms with van der Waals surface area (Å²) in [6.07, 6.45) is 2.57. The lowest BCUT2D eigenvalue weighted by atomic mass is 10.3. The Morgan fingerprint density at radius 3 is 2.94 bits per heavy atom. The van der Waals surface area contributed by atoms with Gasteiger partial charge in [-0.25, -0.2) is 9.97 Å². The number of carbonyl (C=O) groups is 1. The minimum atomic E-state index is -0.356. The first-order chi connectivity index (χ1) is 7.66. The molecule has 6 heteroatoms. The van der Waals surface area contributed by atoms with Gasteiger partial charge in [-0.15, -0.1) is 0 Å². The molecule has 0 aromatic carbocycles. The lowest BCUT2D eigenvalue weighted by Gasteiger charge is -2.03. The second kappa shape index (κ2) is 4.60. The van der Waals surface area contributed by atoms with E-state index in [-0.39, 0.29) is 11.7 Å². The Bertz CT molecular complexity index is 511. The van der Waals surface area contributed by atoms with Gasteiger partial charge in [-0.2, -0.15) is 0 Å². The molecular weight excluding hydrogens is 321 g/mol. The van der Waals surface area contributed by atoms with Crippen LogP contribution in [0.25, 0.3) is 0 Å². The average molecular weight is 329 g/mol. The van der Waals surface area contributed by atoms with E-state index in [9.17, 15) is 4.79 Å². The number of aromatic nitrogens is 2.